The summed E-state index contributed by atoms with van der Waals surface area (Å²) >= 11 is 0. The number of aliphatic hydroxyl groups is 1. The first-order chi connectivity index (χ1) is 11.2. The van der Waals surface area contributed by atoms with E-state index in [4.69, 9.17) is 15.6 Å². The Balaban J connectivity index is -0.000000260. The van der Waals surface area contributed by atoms with Crippen molar-refractivity contribution in [1.82, 2.24) is 0 Å². The van der Waals surface area contributed by atoms with E-state index < -0.39 is 5.60 Å². The lowest BCUT2D eigenvalue weighted by molar-refractivity contribution is -0.0169. The maximum atomic E-state index is 9.02. The molecule has 0 fully saturated rings. The third-order valence-electron chi connectivity index (χ3n) is 2.29. The molecule has 0 aromatic heterocycles. The van der Waals surface area contributed by atoms with Crippen LogP contribution in [0.15, 0.2) is 49.6 Å². The topological polar surface area (TPSA) is 55.5 Å². The molecule has 0 saturated heterocycles. The highest BCUT2D eigenvalue weighted by Crippen LogP contribution is 2.00. The fourth-order valence-corrected chi connectivity index (χ4v) is 1.16. The summed E-state index contributed by atoms with van der Waals surface area (Å²) in [7, 11) is 0. The quantitative estimate of drug-likeness (QED) is 0.758. The Labute approximate surface area is 150 Å². The van der Waals surface area contributed by atoms with Gasteiger partial charge in [0.1, 0.15) is 0 Å². The summed E-state index contributed by atoms with van der Waals surface area (Å²) in [5, 5.41) is 9.02. The van der Waals surface area contributed by atoms with Gasteiger partial charge in [-0.15, -0.1) is 13.2 Å². The van der Waals surface area contributed by atoms with Crippen LogP contribution in [0.2, 0.25) is 0 Å². The highest BCUT2D eigenvalue weighted by atomic mass is 16.5. The van der Waals surface area contributed by atoms with Crippen molar-refractivity contribution >= 4 is 0 Å². The van der Waals surface area contributed by atoms with Crippen LogP contribution in [0.3, 0.4) is 0 Å². The van der Waals surface area contributed by atoms with Crippen LogP contribution in [0.5, 0.6) is 0 Å². The molecular weight excluding hydrogens is 298 g/mol. The first-order valence-electron chi connectivity index (χ1n) is 8.43. The van der Waals surface area contributed by atoms with Gasteiger partial charge >= 0.3 is 0 Å². The van der Waals surface area contributed by atoms with Gasteiger partial charge in [-0.05, 0) is 41.0 Å². The summed E-state index contributed by atoms with van der Waals surface area (Å²) < 4.78 is 4.95. The van der Waals surface area contributed by atoms with E-state index in [2.05, 4.69) is 58.2 Å². The fraction of sp³-hybridized carbons (Fsp3) is 0.524. The normalized spacial score (nSPS) is 9.17. The van der Waals surface area contributed by atoms with Crippen molar-refractivity contribution in [3.8, 4) is 0 Å². The van der Waals surface area contributed by atoms with Crippen LogP contribution in [0.4, 0.5) is 0 Å². The van der Waals surface area contributed by atoms with Crippen LogP contribution in [0.25, 0.3) is 0 Å². The van der Waals surface area contributed by atoms with Gasteiger partial charge < -0.3 is 15.6 Å². The van der Waals surface area contributed by atoms with Crippen molar-refractivity contribution < 1.29 is 9.84 Å². The van der Waals surface area contributed by atoms with E-state index in [1.165, 1.54) is 11.1 Å². The standard InChI is InChI=1S/C8H10.C6H14O2.C4H8.C3H7N/c1-7-4-3-5-8(2)6-7;1-4-8-5-6(2,3)7;1-3-4-2;1-2-3-4/h3-6H,1-2H3;7H,4-5H2,1-3H3;3H,1,4H2,2H3;2H,1,3-4H2. The molecule has 1 aromatic carbocycles. The molecule has 1 aromatic rings. The van der Waals surface area contributed by atoms with E-state index in [-0.39, 0.29) is 0 Å². The molecule has 3 heteroatoms. The SMILES string of the molecule is C=CCC.C=CCN.CCOCC(C)(C)O.Cc1cccc(C)c1. The number of hydrogen-bond acceptors (Lipinski definition) is 3. The average Bonchev–Trinajstić information content (AvgIpc) is 2.53. The molecule has 0 spiro atoms. The van der Waals surface area contributed by atoms with Crippen molar-refractivity contribution in [2.24, 2.45) is 5.73 Å². The second-order valence-corrected chi connectivity index (χ2v) is 5.83. The minimum absolute atomic E-state index is 0.420. The number of aryl methyl sites for hydroxylation is 2. The Hall–Kier alpha value is -1.42. The molecule has 0 bridgehead atoms. The molecule has 0 saturated carbocycles. The summed E-state index contributed by atoms with van der Waals surface area (Å²) in [6, 6.07) is 8.45. The van der Waals surface area contributed by atoms with E-state index in [9.17, 15) is 0 Å². The van der Waals surface area contributed by atoms with Crippen molar-refractivity contribution in [2.75, 3.05) is 19.8 Å². The number of ether oxygens (including phenoxy) is 1. The maximum Gasteiger partial charge on any atom is 0.0824 e. The fourth-order valence-electron chi connectivity index (χ4n) is 1.16. The van der Waals surface area contributed by atoms with Crippen LogP contribution < -0.4 is 5.73 Å². The number of allylic oxidation sites excluding steroid dienone is 1. The number of nitrogens with two attached hydrogens (primary N) is 1. The van der Waals surface area contributed by atoms with Crippen molar-refractivity contribution in [3.05, 3.63) is 60.7 Å². The Kier molecular flexibility index (Phi) is 22.4. The highest BCUT2D eigenvalue weighted by Gasteiger charge is 2.10. The lowest BCUT2D eigenvalue weighted by atomic mass is 10.2. The number of benzene rings is 1. The van der Waals surface area contributed by atoms with Gasteiger partial charge in [0.15, 0.2) is 0 Å². The van der Waals surface area contributed by atoms with Crippen LogP contribution in [0, 0.1) is 13.8 Å². The summed E-state index contributed by atoms with van der Waals surface area (Å²) in [6.07, 6.45) is 4.61. The summed E-state index contributed by atoms with van der Waals surface area (Å²) in [5.74, 6) is 0. The summed E-state index contributed by atoms with van der Waals surface area (Å²) in [5.41, 5.74) is 6.92. The van der Waals surface area contributed by atoms with E-state index in [0.29, 0.717) is 19.8 Å². The molecule has 0 atom stereocenters. The van der Waals surface area contributed by atoms with E-state index in [1.807, 2.05) is 13.0 Å². The zero-order valence-corrected chi connectivity index (χ0v) is 16.6. The minimum atomic E-state index is -0.671. The monoisotopic (exact) mass is 337 g/mol. The maximum absolute atomic E-state index is 9.02. The molecule has 3 nitrogen and oxygen atoms in total. The Morgan fingerprint density at radius 1 is 1.12 bits per heavy atom. The van der Waals surface area contributed by atoms with Crippen LogP contribution in [0.1, 0.15) is 45.2 Å². The second kappa shape index (κ2) is 19.6. The first kappa shape index (κ1) is 27.4. The largest absolute Gasteiger partial charge is 0.388 e. The third-order valence-corrected chi connectivity index (χ3v) is 2.29. The van der Waals surface area contributed by atoms with Gasteiger partial charge in [0.25, 0.3) is 0 Å². The Morgan fingerprint density at radius 2 is 1.54 bits per heavy atom. The molecule has 0 aliphatic heterocycles. The minimum Gasteiger partial charge on any atom is -0.388 e. The second-order valence-electron chi connectivity index (χ2n) is 5.83. The van der Waals surface area contributed by atoms with Gasteiger partial charge in [0, 0.05) is 13.2 Å². The van der Waals surface area contributed by atoms with Gasteiger partial charge in [-0.2, -0.15) is 0 Å². The van der Waals surface area contributed by atoms with Crippen molar-refractivity contribution in [2.45, 2.75) is 53.6 Å². The molecule has 0 aliphatic rings. The molecule has 1 rings (SSSR count). The molecule has 3 N–H and O–H groups in total. The van der Waals surface area contributed by atoms with Gasteiger partial charge in [-0.3, -0.25) is 0 Å². The summed E-state index contributed by atoms with van der Waals surface area (Å²) in [4.78, 5) is 0. The molecule has 0 heterocycles. The van der Waals surface area contributed by atoms with E-state index in [0.717, 1.165) is 6.42 Å². The molecule has 0 aliphatic carbocycles. The smallest absolute Gasteiger partial charge is 0.0824 e. The lowest BCUT2D eigenvalue weighted by Crippen LogP contribution is -2.25. The van der Waals surface area contributed by atoms with Crippen LogP contribution >= 0.6 is 0 Å². The zero-order chi connectivity index (χ0) is 19.4. The zero-order valence-electron chi connectivity index (χ0n) is 16.6. The molecular formula is C21H39NO2. The summed E-state index contributed by atoms with van der Waals surface area (Å²) in [6.45, 7) is 20.1. The van der Waals surface area contributed by atoms with Gasteiger partial charge in [0.05, 0.1) is 12.2 Å². The predicted octanol–water partition coefficient (Wildman–Crippen LogP) is 4.81. The lowest BCUT2D eigenvalue weighted by Gasteiger charge is -2.15. The van der Waals surface area contributed by atoms with E-state index in [1.54, 1.807) is 19.9 Å². The van der Waals surface area contributed by atoms with Crippen LogP contribution in [-0.4, -0.2) is 30.5 Å². The Bertz CT molecular complexity index is 370. The molecule has 140 valence electrons. The van der Waals surface area contributed by atoms with Gasteiger partial charge in [-0.1, -0.05) is 54.5 Å². The number of rotatable bonds is 5. The van der Waals surface area contributed by atoms with Crippen molar-refractivity contribution in [1.29, 1.82) is 0 Å². The predicted molar refractivity (Wildman–Crippen MR) is 108 cm³/mol. The van der Waals surface area contributed by atoms with Gasteiger partial charge in [0.2, 0.25) is 0 Å². The molecule has 0 radical (unpaired) electrons. The average molecular weight is 338 g/mol. The van der Waals surface area contributed by atoms with E-state index >= 15 is 0 Å². The number of hydrogen-bond donors (Lipinski definition) is 2. The third kappa shape index (κ3) is 32.5. The first-order valence-corrected chi connectivity index (χ1v) is 8.43. The van der Waals surface area contributed by atoms with Gasteiger partial charge in [-0.25, -0.2) is 0 Å². The van der Waals surface area contributed by atoms with Crippen LogP contribution in [-0.2, 0) is 4.74 Å². The van der Waals surface area contributed by atoms with Crippen molar-refractivity contribution in [3.63, 3.8) is 0 Å². The molecule has 0 amide bonds. The Morgan fingerprint density at radius 3 is 1.67 bits per heavy atom. The molecule has 0 unspecified atom stereocenters. The molecule has 24 heavy (non-hydrogen) atoms. The highest BCUT2D eigenvalue weighted by molar-refractivity contribution is 5.20.